The Morgan fingerprint density at radius 2 is 2.03 bits per heavy atom. The molecule has 0 saturated carbocycles. The lowest BCUT2D eigenvalue weighted by Gasteiger charge is -2.24. The molecule has 9 nitrogen and oxygen atoms in total. The first-order valence-electron chi connectivity index (χ1n) is 10.9. The lowest BCUT2D eigenvalue weighted by Crippen LogP contribution is -2.32. The zero-order valence-corrected chi connectivity index (χ0v) is 19.9. The van der Waals surface area contributed by atoms with E-state index >= 15 is 4.39 Å². The first kappa shape index (κ1) is 23.7. The van der Waals surface area contributed by atoms with E-state index in [9.17, 15) is 18.8 Å². The molecule has 0 saturated heterocycles. The summed E-state index contributed by atoms with van der Waals surface area (Å²) in [5.41, 5.74) is -1.29. The highest BCUT2D eigenvalue weighted by Crippen LogP contribution is 2.38. The van der Waals surface area contributed by atoms with Gasteiger partial charge in [0.25, 0.3) is 5.56 Å². The minimum Gasteiger partial charge on any atom is -0.469 e. The Morgan fingerprint density at radius 3 is 2.81 bits per heavy atom. The van der Waals surface area contributed by atoms with Crippen LogP contribution < -0.4 is 16.6 Å². The van der Waals surface area contributed by atoms with Crippen molar-refractivity contribution in [3.8, 4) is 16.9 Å². The van der Waals surface area contributed by atoms with Gasteiger partial charge in [0.15, 0.2) is 11.5 Å². The second-order valence-corrected chi connectivity index (χ2v) is 9.17. The van der Waals surface area contributed by atoms with E-state index in [1.54, 1.807) is 25.3 Å². The number of halogens is 2. The summed E-state index contributed by atoms with van der Waals surface area (Å²) in [6.07, 6.45) is 1.67. The number of anilines is 1. The number of carbonyl (C=O) groups is 1. The maximum atomic E-state index is 15.2. The number of nitrogens with one attached hydrogen (secondary N) is 2. The van der Waals surface area contributed by atoms with Crippen molar-refractivity contribution in [1.82, 2.24) is 19.5 Å². The minimum atomic E-state index is -0.918. The number of benzene rings is 1. The van der Waals surface area contributed by atoms with Gasteiger partial charge in [0.05, 0.1) is 41.9 Å². The number of ether oxygens (including phenoxy) is 1. The lowest BCUT2D eigenvalue weighted by atomic mass is 10.0. The number of aromatic nitrogens is 4. The third kappa shape index (κ3) is 3.92. The summed E-state index contributed by atoms with van der Waals surface area (Å²) in [5.74, 6) is -1.70. The molecule has 4 heterocycles. The van der Waals surface area contributed by atoms with Gasteiger partial charge < -0.3 is 10.1 Å². The third-order valence-corrected chi connectivity index (χ3v) is 6.85. The molecule has 1 aromatic carbocycles. The number of rotatable bonds is 4. The quantitative estimate of drug-likeness (QED) is 0.315. The topological polar surface area (TPSA) is 119 Å². The molecule has 0 spiro atoms. The van der Waals surface area contributed by atoms with Crippen molar-refractivity contribution in [3.05, 3.63) is 74.7 Å². The third-order valence-electron chi connectivity index (χ3n) is 5.80. The smallest absolute Gasteiger partial charge is 0.334 e. The first-order valence-corrected chi connectivity index (χ1v) is 11.9. The van der Waals surface area contributed by atoms with Crippen molar-refractivity contribution >= 4 is 34.5 Å². The fourth-order valence-electron chi connectivity index (χ4n) is 4.16. The molecule has 3 aromatic heterocycles. The van der Waals surface area contributed by atoms with Gasteiger partial charge in [-0.3, -0.25) is 19.6 Å². The Balaban J connectivity index is 1.87. The number of methoxy groups -OCH3 is 1. The number of thioether (sulfide) groups is 1. The van der Waals surface area contributed by atoms with Crippen LogP contribution in [0.3, 0.4) is 0 Å². The molecule has 0 radical (unpaired) electrons. The highest BCUT2D eigenvalue weighted by atomic mass is 32.2. The molecule has 1 aliphatic heterocycles. The Hall–Kier alpha value is -4.06. The molecule has 1 atom stereocenters. The number of fused-ring (bicyclic) bond motifs is 5. The van der Waals surface area contributed by atoms with E-state index in [0.717, 1.165) is 10.6 Å². The van der Waals surface area contributed by atoms with Crippen molar-refractivity contribution in [2.45, 2.75) is 24.3 Å². The number of hydrogen-bond donors (Lipinski definition) is 2. The van der Waals surface area contributed by atoms with Crippen LogP contribution in [0, 0.1) is 11.6 Å². The predicted octanol–water partition coefficient (Wildman–Crippen LogP) is 3.56. The summed E-state index contributed by atoms with van der Waals surface area (Å²) in [6.45, 7) is 1.76. The molecule has 12 heteroatoms. The van der Waals surface area contributed by atoms with Crippen LogP contribution >= 0.6 is 11.8 Å². The van der Waals surface area contributed by atoms with E-state index in [1.807, 2.05) is 0 Å². The zero-order valence-electron chi connectivity index (χ0n) is 19.1. The molecule has 0 aliphatic carbocycles. The lowest BCUT2D eigenvalue weighted by molar-refractivity contribution is -0.140. The zero-order chi connectivity index (χ0) is 25.6. The van der Waals surface area contributed by atoms with Crippen LogP contribution in [0.5, 0.6) is 0 Å². The van der Waals surface area contributed by atoms with E-state index in [0.29, 0.717) is 22.0 Å². The maximum absolute atomic E-state index is 15.2. The number of H-pyrrole nitrogens is 1. The molecule has 184 valence electrons. The predicted molar refractivity (Wildman–Crippen MR) is 131 cm³/mol. The SMILES string of the molecule is COC(=O)CCSc1ccnc2c1-n1c(=O)[nH]c(=O)c3cc(F)c(nc31)-c1c(F)cccc1NC2C. The molecule has 36 heavy (non-hydrogen) atoms. The molecule has 0 amide bonds. The van der Waals surface area contributed by atoms with Gasteiger partial charge in [-0.15, -0.1) is 11.8 Å². The van der Waals surface area contributed by atoms with Crippen LogP contribution in [-0.4, -0.2) is 38.4 Å². The van der Waals surface area contributed by atoms with Gasteiger partial charge in [-0.05, 0) is 31.2 Å². The summed E-state index contributed by atoms with van der Waals surface area (Å²) in [5, 5.41) is 2.97. The van der Waals surface area contributed by atoms with Gasteiger partial charge in [0, 0.05) is 22.5 Å². The van der Waals surface area contributed by atoms with E-state index in [-0.39, 0.29) is 34.4 Å². The van der Waals surface area contributed by atoms with E-state index in [1.165, 1.54) is 31.0 Å². The molecule has 4 aromatic rings. The van der Waals surface area contributed by atoms with Crippen LogP contribution in [-0.2, 0) is 9.53 Å². The summed E-state index contributed by atoms with van der Waals surface area (Å²) in [6, 6.07) is 6.26. The van der Waals surface area contributed by atoms with Crippen molar-refractivity contribution < 1.29 is 18.3 Å². The highest BCUT2D eigenvalue weighted by molar-refractivity contribution is 7.99. The van der Waals surface area contributed by atoms with E-state index in [4.69, 9.17) is 4.74 Å². The maximum Gasteiger partial charge on any atom is 0.334 e. The minimum absolute atomic E-state index is 0.119. The van der Waals surface area contributed by atoms with Gasteiger partial charge in [0.1, 0.15) is 11.5 Å². The molecule has 5 rings (SSSR count). The summed E-state index contributed by atoms with van der Waals surface area (Å²) >= 11 is 1.28. The summed E-state index contributed by atoms with van der Waals surface area (Å²) in [7, 11) is 1.30. The second kappa shape index (κ2) is 9.19. The van der Waals surface area contributed by atoms with Gasteiger partial charge in [-0.2, -0.15) is 0 Å². The van der Waals surface area contributed by atoms with Gasteiger partial charge >= 0.3 is 11.7 Å². The average Bonchev–Trinajstić information content (AvgIpc) is 2.84. The molecule has 0 fully saturated rings. The summed E-state index contributed by atoms with van der Waals surface area (Å²) < 4.78 is 36.1. The molecular weight excluding hydrogens is 492 g/mol. The fourth-order valence-corrected chi connectivity index (χ4v) is 5.14. The Bertz CT molecular complexity index is 1650. The van der Waals surface area contributed by atoms with Crippen LogP contribution in [0.1, 0.15) is 25.1 Å². The van der Waals surface area contributed by atoms with Crippen LogP contribution in [0.2, 0.25) is 0 Å². The molecule has 2 N–H and O–H groups in total. The second-order valence-electron chi connectivity index (χ2n) is 8.03. The molecule has 1 aliphatic rings. The molecule has 1 unspecified atom stereocenters. The normalized spacial score (nSPS) is 14.2. The number of nitrogens with zero attached hydrogens (tertiary/aromatic N) is 3. The van der Waals surface area contributed by atoms with Crippen LogP contribution in [0.15, 0.2) is 51.0 Å². The standard InChI is InChI=1S/C24H19F2N5O4S/c1-11-19-21(16(6-8-27-19)36-9-7-17(32)35-2)31-22-12(23(33)30-24(31)34)10-14(26)20(29-22)18-13(25)4-3-5-15(18)28-11/h3-6,8,10-11,28H,7,9H2,1-2H3,(H,30,33,34). The monoisotopic (exact) mass is 511 g/mol. The van der Waals surface area contributed by atoms with E-state index in [2.05, 4.69) is 20.3 Å². The van der Waals surface area contributed by atoms with Crippen molar-refractivity contribution in [2.24, 2.45) is 0 Å². The molecule has 2 bridgehead atoms. The van der Waals surface area contributed by atoms with Crippen molar-refractivity contribution in [2.75, 3.05) is 18.2 Å². The largest absolute Gasteiger partial charge is 0.469 e. The Kier molecular flexibility index (Phi) is 6.04. The molecular formula is C24H19F2N5O4S. The Labute approximate surface area is 206 Å². The van der Waals surface area contributed by atoms with Crippen LogP contribution in [0.25, 0.3) is 28.0 Å². The number of aromatic amines is 1. The summed E-state index contributed by atoms with van der Waals surface area (Å²) in [4.78, 5) is 49.0. The number of hydrogen-bond acceptors (Lipinski definition) is 8. The fraction of sp³-hybridized carbons (Fsp3) is 0.208. The average molecular weight is 512 g/mol. The number of pyridine rings is 2. The number of esters is 1. The van der Waals surface area contributed by atoms with Crippen molar-refractivity contribution in [1.29, 1.82) is 0 Å². The number of carbonyl (C=O) groups excluding carboxylic acids is 1. The first-order chi connectivity index (χ1) is 17.3. The highest BCUT2D eigenvalue weighted by Gasteiger charge is 2.27. The van der Waals surface area contributed by atoms with Gasteiger partial charge in [0.2, 0.25) is 0 Å². The van der Waals surface area contributed by atoms with Gasteiger partial charge in [-0.25, -0.2) is 23.1 Å². The van der Waals surface area contributed by atoms with E-state index < -0.39 is 34.9 Å². The Morgan fingerprint density at radius 1 is 1.22 bits per heavy atom. The van der Waals surface area contributed by atoms with Crippen molar-refractivity contribution in [3.63, 3.8) is 0 Å². The van der Waals surface area contributed by atoms with Gasteiger partial charge in [-0.1, -0.05) is 6.07 Å². The van der Waals surface area contributed by atoms with Crippen LogP contribution in [0.4, 0.5) is 14.5 Å².